The largest absolute Gasteiger partial charge is 0.457 e. The number of benzene rings is 3. The predicted octanol–water partition coefficient (Wildman–Crippen LogP) is 5.40. The van der Waals surface area contributed by atoms with Crippen LogP contribution >= 0.6 is 0 Å². The fourth-order valence-corrected chi connectivity index (χ4v) is 4.43. The van der Waals surface area contributed by atoms with E-state index in [-0.39, 0.29) is 24.8 Å². The first-order valence-electron chi connectivity index (χ1n) is 13.1. The van der Waals surface area contributed by atoms with Crippen LogP contribution in [0.4, 0.5) is 17.1 Å². The number of hydrogen-bond donors (Lipinski definition) is 2. The van der Waals surface area contributed by atoms with Crippen molar-refractivity contribution < 1.29 is 28.7 Å². The van der Waals surface area contributed by atoms with Gasteiger partial charge in [-0.2, -0.15) is 0 Å². The molecule has 3 aromatic carbocycles. The molecule has 9 heteroatoms. The SMILES string of the molecule is CC(=O)Nc1ccc(NC(=O)COC(=O)[C@H]2CC(=O)N(c3ccc(Oc4cc(C)ccc4C(C)C)cc3)C2)cc1. The fraction of sp³-hybridized carbons (Fsp3) is 0.290. The number of carbonyl (C=O) groups is 4. The summed E-state index contributed by atoms with van der Waals surface area (Å²) >= 11 is 0. The van der Waals surface area contributed by atoms with E-state index in [1.807, 2.05) is 13.0 Å². The van der Waals surface area contributed by atoms with Crippen LogP contribution in [0.1, 0.15) is 44.2 Å². The van der Waals surface area contributed by atoms with E-state index in [1.165, 1.54) is 6.92 Å². The Morgan fingerprint density at radius 2 is 1.60 bits per heavy atom. The van der Waals surface area contributed by atoms with E-state index < -0.39 is 24.4 Å². The lowest BCUT2D eigenvalue weighted by Crippen LogP contribution is -2.28. The minimum Gasteiger partial charge on any atom is -0.457 e. The van der Waals surface area contributed by atoms with E-state index in [1.54, 1.807) is 53.4 Å². The predicted molar refractivity (Wildman–Crippen MR) is 153 cm³/mol. The van der Waals surface area contributed by atoms with Crippen molar-refractivity contribution in [3.63, 3.8) is 0 Å². The molecule has 0 saturated carbocycles. The summed E-state index contributed by atoms with van der Waals surface area (Å²) in [6.07, 6.45) is 0.00432. The maximum Gasteiger partial charge on any atom is 0.311 e. The average molecular weight is 544 g/mol. The molecule has 40 heavy (non-hydrogen) atoms. The Hall–Kier alpha value is -4.66. The number of aryl methyl sites for hydroxylation is 1. The number of amides is 3. The van der Waals surface area contributed by atoms with Gasteiger partial charge in [0.05, 0.1) is 5.92 Å². The highest BCUT2D eigenvalue weighted by Gasteiger charge is 2.36. The van der Waals surface area contributed by atoms with Crippen molar-refractivity contribution in [3.8, 4) is 11.5 Å². The van der Waals surface area contributed by atoms with E-state index in [2.05, 4.69) is 36.6 Å². The highest BCUT2D eigenvalue weighted by atomic mass is 16.5. The second-order valence-corrected chi connectivity index (χ2v) is 10.1. The molecule has 1 aliphatic rings. The third-order valence-corrected chi connectivity index (χ3v) is 6.46. The Morgan fingerprint density at radius 1 is 0.950 bits per heavy atom. The molecule has 0 spiro atoms. The Bertz CT molecular complexity index is 1400. The third kappa shape index (κ3) is 7.25. The molecule has 0 radical (unpaired) electrons. The maximum atomic E-state index is 12.7. The smallest absolute Gasteiger partial charge is 0.311 e. The molecule has 4 rings (SSSR count). The van der Waals surface area contributed by atoms with Crippen molar-refractivity contribution in [2.75, 3.05) is 28.7 Å². The van der Waals surface area contributed by atoms with Crippen LogP contribution in [0.2, 0.25) is 0 Å². The molecular weight excluding hydrogens is 510 g/mol. The molecule has 1 heterocycles. The van der Waals surface area contributed by atoms with Crippen LogP contribution in [0.3, 0.4) is 0 Å². The summed E-state index contributed by atoms with van der Waals surface area (Å²) in [5.74, 6) is -0.420. The summed E-state index contributed by atoms with van der Waals surface area (Å²) in [5, 5.41) is 5.27. The quantitative estimate of drug-likeness (QED) is 0.349. The minimum absolute atomic E-state index is 0.00432. The number of esters is 1. The van der Waals surface area contributed by atoms with Crippen LogP contribution in [0, 0.1) is 12.8 Å². The van der Waals surface area contributed by atoms with Crippen molar-refractivity contribution in [2.45, 2.75) is 40.0 Å². The number of ether oxygens (including phenoxy) is 2. The summed E-state index contributed by atoms with van der Waals surface area (Å²) in [5.41, 5.74) is 3.96. The number of nitrogens with one attached hydrogen (secondary N) is 2. The van der Waals surface area contributed by atoms with Crippen LogP contribution < -0.4 is 20.3 Å². The number of carbonyl (C=O) groups excluding carboxylic acids is 4. The summed E-state index contributed by atoms with van der Waals surface area (Å²) in [6, 6.07) is 19.9. The minimum atomic E-state index is -0.672. The summed E-state index contributed by atoms with van der Waals surface area (Å²) < 4.78 is 11.3. The lowest BCUT2D eigenvalue weighted by atomic mass is 10.0. The molecule has 0 unspecified atom stereocenters. The van der Waals surface area contributed by atoms with Gasteiger partial charge in [-0.1, -0.05) is 26.0 Å². The van der Waals surface area contributed by atoms with Gasteiger partial charge in [-0.05, 0) is 78.6 Å². The summed E-state index contributed by atoms with van der Waals surface area (Å²) in [4.78, 5) is 50.2. The van der Waals surface area contributed by atoms with Gasteiger partial charge in [0.25, 0.3) is 5.91 Å². The molecule has 208 valence electrons. The maximum absolute atomic E-state index is 12.7. The van der Waals surface area contributed by atoms with E-state index >= 15 is 0 Å². The van der Waals surface area contributed by atoms with Gasteiger partial charge in [0, 0.05) is 37.0 Å². The topological polar surface area (TPSA) is 114 Å². The molecule has 1 fully saturated rings. The normalized spacial score (nSPS) is 14.7. The molecule has 3 aromatic rings. The molecule has 2 N–H and O–H groups in total. The highest BCUT2D eigenvalue weighted by Crippen LogP contribution is 2.33. The highest BCUT2D eigenvalue weighted by molar-refractivity contribution is 6.00. The van der Waals surface area contributed by atoms with Crippen molar-refractivity contribution in [2.24, 2.45) is 5.92 Å². The Kier molecular flexibility index (Phi) is 8.83. The van der Waals surface area contributed by atoms with Gasteiger partial charge < -0.3 is 25.0 Å². The second-order valence-electron chi connectivity index (χ2n) is 10.1. The van der Waals surface area contributed by atoms with Crippen molar-refractivity contribution in [1.29, 1.82) is 0 Å². The first-order chi connectivity index (χ1) is 19.1. The molecule has 1 saturated heterocycles. The standard InChI is InChI=1S/C31H33N3O6/c1-19(2)27-14-5-20(3)15-28(27)40-26-12-10-25(11-13-26)34-17-22(16-30(34)37)31(38)39-18-29(36)33-24-8-6-23(7-9-24)32-21(4)35/h5-15,19,22H,16-18H2,1-4H3,(H,32,35)(H,33,36)/t22-/m0/s1. The molecule has 3 amide bonds. The first kappa shape index (κ1) is 28.4. The van der Waals surface area contributed by atoms with E-state index in [0.717, 1.165) is 16.9 Å². The zero-order valence-corrected chi connectivity index (χ0v) is 23.0. The van der Waals surface area contributed by atoms with Crippen molar-refractivity contribution in [1.82, 2.24) is 0 Å². The Balaban J connectivity index is 1.29. The number of anilines is 3. The number of nitrogens with zero attached hydrogens (tertiary/aromatic N) is 1. The summed E-state index contributed by atoms with van der Waals surface area (Å²) in [7, 11) is 0. The molecule has 0 aliphatic carbocycles. The zero-order valence-electron chi connectivity index (χ0n) is 23.0. The molecular formula is C31H33N3O6. The molecule has 0 aromatic heterocycles. The van der Waals surface area contributed by atoms with Crippen molar-refractivity contribution in [3.05, 3.63) is 77.9 Å². The van der Waals surface area contributed by atoms with E-state index in [0.29, 0.717) is 28.7 Å². The zero-order chi connectivity index (χ0) is 28.8. The third-order valence-electron chi connectivity index (χ3n) is 6.46. The van der Waals surface area contributed by atoms with E-state index in [9.17, 15) is 19.2 Å². The van der Waals surface area contributed by atoms with Crippen LogP contribution in [0.5, 0.6) is 11.5 Å². The lowest BCUT2D eigenvalue weighted by Gasteiger charge is -2.18. The van der Waals surface area contributed by atoms with Gasteiger partial charge in [-0.25, -0.2) is 0 Å². The van der Waals surface area contributed by atoms with E-state index in [4.69, 9.17) is 9.47 Å². The summed E-state index contributed by atoms with van der Waals surface area (Å²) in [6.45, 7) is 7.34. The Labute approximate surface area is 233 Å². The molecule has 1 atom stereocenters. The Morgan fingerprint density at radius 3 is 2.23 bits per heavy atom. The van der Waals surface area contributed by atoms with Gasteiger partial charge in [-0.15, -0.1) is 0 Å². The van der Waals surface area contributed by atoms with Gasteiger partial charge in [0.1, 0.15) is 11.5 Å². The van der Waals surface area contributed by atoms with Crippen LogP contribution in [-0.2, 0) is 23.9 Å². The molecule has 0 bridgehead atoms. The number of hydrogen-bond acceptors (Lipinski definition) is 6. The van der Waals surface area contributed by atoms with Gasteiger partial charge in [0.15, 0.2) is 6.61 Å². The van der Waals surface area contributed by atoms with Crippen LogP contribution in [0.15, 0.2) is 66.7 Å². The van der Waals surface area contributed by atoms with Crippen LogP contribution in [-0.4, -0.2) is 36.8 Å². The second kappa shape index (κ2) is 12.5. The van der Waals surface area contributed by atoms with Crippen molar-refractivity contribution >= 4 is 40.8 Å². The lowest BCUT2D eigenvalue weighted by molar-refractivity contribution is -0.151. The monoisotopic (exact) mass is 543 g/mol. The van der Waals surface area contributed by atoms with Gasteiger partial charge in [0.2, 0.25) is 11.8 Å². The number of rotatable bonds is 9. The molecule has 1 aliphatic heterocycles. The van der Waals surface area contributed by atoms with Gasteiger partial charge >= 0.3 is 5.97 Å². The average Bonchev–Trinajstić information content (AvgIpc) is 3.30. The van der Waals surface area contributed by atoms with Crippen LogP contribution in [0.25, 0.3) is 0 Å². The first-order valence-corrected chi connectivity index (χ1v) is 13.1. The van der Waals surface area contributed by atoms with Gasteiger partial charge in [-0.3, -0.25) is 19.2 Å². The fourth-order valence-electron chi connectivity index (χ4n) is 4.43. The molecule has 9 nitrogen and oxygen atoms in total.